The lowest BCUT2D eigenvalue weighted by Gasteiger charge is -2.36. The summed E-state index contributed by atoms with van der Waals surface area (Å²) in [6.07, 6.45) is 8.60. The molecule has 3 nitrogen and oxygen atoms in total. The molecule has 0 bridgehead atoms. The average Bonchev–Trinajstić information content (AvgIpc) is 2.30. The minimum Gasteiger partial charge on any atom is -0.394 e. The number of aliphatic hydroxyl groups excluding tert-OH is 1. The molecule has 1 rings (SSSR count). The minimum atomic E-state index is -0.00903. The van der Waals surface area contributed by atoms with Gasteiger partial charge < -0.3 is 10.4 Å². The van der Waals surface area contributed by atoms with E-state index in [1.807, 2.05) is 0 Å². The Hall–Kier alpha value is -0.590. The molecular weight excluding hydrogens is 188 g/mol. The Balaban J connectivity index is 2.18. The summed E-state index contributed by atoms with van der Waals surface area (Å²) in [5.41, 5.74) is -0.00903. The van der Waals surface area contributed by atoms with Crippen LogP contribution < -0.4 is 5.32 Å². The number of hydrogen-bond donors (Lipinski definition) is 2. The molecule has 1 aliphatic rings. The van der Waals surface area contributed by atoms with Gasteiger partial charge >= 0.3 is 0 Å². The largest absolute Gasteiger partial charge is 0.394 e. The second kappa shape index (κ2) is 6.81. The highest BCUT2D eigenvalue weighted by molar-refractivity contribution is 4.90. The van der Waals surface area contributed by atoms with E-state index in [-0.39, 0.29) is 12.1 Å². The molecule has 0 aromatic heterocycles. The Bertz CT molecular complexity index is 204. The van der Waals surface area contributed by atoms with Gasteiger partial charge in [-0.15, -0.1) is 0 Å². The molecule has 1 saturated carbocycles. The lowest BCUT2D eigenvalue weighted by Crippen LogP contribution is -2.50. The molecule has 0 atom stereocenters. The molecule has 2 N–H and O–H groups in total. The number of aliphatic hydroxyl groups is 1. The molecule has 3 heteroatoms. The fourth-order valence-corrected chi connectivity index (χ4v) is 2.30. The molecule has 0 saturated heterocycles. The molecular formula is C12H22N2O. The number of nitriles is 1. The Morgan fingerprint density at radius 2 is 1.93 bits per heavy atom. The van der Waals surface area contributed by atoms with Crippen molar-refractivity contribution in [2.45, 2.75) is 56.9 Å². The third-order valence-corrected chi connectivity index (χ3v) is 3.33. The van der Waals surface area contributed by atoms with E-state index in [2.05, 4.69) is 11.4 Å². The molecule has 0 aliphatic heterocycles. The monoisotopic (exact) mass is 210 g/mol. The van der Waals surface area contributed by atoms with E-state index in [0.717, 1.165) is 32.2 Å². The molecule has 0 amide bonds. The van der Waals surface area contributed by atoms with E-state index in [0.29, 0.717) is 6.42 Å². The summed E-state index contributed by atoms with van der Waals surface area (Å²) < 4.78 is 0. The number of hydrogen-bond acceptors (Lipinski definition) is 3. The van der Waals surface area contributed by atoms with Gasteiger partial charge in [-0.05, 0) is 32.2 Å². The van der Waals surface area contributed by atoms with Gasteiger partial charge in [-0.3, -0.25) is 0 Å². The predicted octanol–water partition coefficient (Wildman–Crippen LogP) is 1.97. The van der Waals surface area contributed by atoms with Crippen LogP contribution in [0.25, 0.3) is 0 Å². The Morgan fingerprint density at radius 3 is 2.53 bits per heavy atom. The van der Waals surface area contributed by atoms with Crippen molar-refractivity contribution in [1.82, 2.24) is 5.32 Å². The molecule has 15 heavy (non-hydrogen) atoms. The number of rotatable bonds is 6. The van der Waals surface area contributed by atoms with E-state index >= 15 is 0 Å². The number of unbranched alkanes of at least 4 members (excludes halogenated alkanes) is 2. The van der Waals surface area contributed by atoms with Gasteiger partial charge in [-0.25, -0.2) is 0 Å². The third kappa shape index (κ3) is 4.19. The van der Waals surface area contributed by atoms with Crippen LogP contribution in [-0.2, 0) is 0 Å². The van der Waals surface area contributed by atoms with Gasteiger partial charge in [-0.1, -0.05) is 19.3 Å². The second-order valence-electron chi connectivity index (χ2n) is 4.54. The fraction of sp³-hybridized carbons (Fsp3) is 0.917. The van der Waals surface area contributed by atoms with Crippen LogP contribution in [-0.4, -0.2) is 23.8 Å². The maximum absolute atomic E-state index is 9.43. The fourth-order valence-electron chi connectivity index (χ4n) is 2.30. The summed E-state index contributed by atoms with van der Waals surface area (Å²) in [7, 11) is 0. The first kappa shape index (κ1) is 12.5. The summed E-state index contributed by atoms with van der Waals surface area (Å²) in [4.78, 5) is 0. The van der Waals surface area contributed by atoms with E-state index in [9.17, 15) is 5.11 Å². The van der Waals surface area contributed by atoms with Gasteiger partial charge in [0.25, 0.3) is 0 Å². The third-order valence-electron chi connectivity index (χ3n) is 3.33. The predicted molar refractivity (Wildman–Crippen MR) is 60.4 cm³/mol. The summed E-state index contributed by atoms with van der Waals surface area (Å²) in [6.45, 7) is 1.19. The maximum atomic E-state index is 9.43. The first-order valence-corrected chi connectivity index (χ1v) is 6.06. The van der Waals surface area contributed by atoms with E-state index in [4.69, 9.17) is 5.26 Å². The molecule has 0 radical (unpaired) electrons. The van der Waals surface area contributed by atoms with Crippen molar-refractivity contribution in [1.29, 1.82) is 5.26 Å². The van der Waals surface area contributed by atoms with Crippen molar-refractivity contribution in [3.63, 3.8) is 0 Å². The van der Waals surface area contributed by atoms with Gasteiger partial charge in [0, 0.05) is 12.0 Å². The minimum absolute atomic E-state index is 0.00903. The van der Waals surface area contributed by atoms with Crippen molar-refractivity contribution >= 4 is 0 Å². The zero-order valence-corrected chi connectivity index (χ0v) is 9.47. The van der Waals surface area contributed by atoms with Crippen molar-refractivity contribution in [3.8, 4) is 6.07 Å². The molecule has 86 valence electrons. The van der Waals surface area contributed by atoms with Crippen LogP contribution in [0.3, 0.4) is 0 Å². The summed E-state index contributed by atoms with van der Waals surface area (Å²) >= 11 is 0. The van der Waals surface area contributed by atoms with E-state index in [1.54, 1.807) is 0 Å². The zero-order chi connectivity index (χ0) is 11.0. The van der Waals surface area contributed by atoms with Crippen LogP contribution in [0.1, 0.15) is 51.4 Å². The Kier molecular flexibility index (Phi) is 5.67. The first-order chi connectivity index (χ1) is 7.33. The van der Waals surface area contributed by atoms with Crippen molar-refractivity contribution in [3.05, 3.63) is 0 Å². The molecule has 0 aromatic carbocycles. The van der Waals surface area contributed by atoms with Crippen LogP contribution in [0.2, 0.25) is 0 Å². The normalized spacial score (nSPS) is 19.7. The molecule has 1 aliphatic carbocycles. The summed E-state index contributed by atoms with van der Waals surface area (Å²) in [5.74, 6) is 0. The molecule has 0 unspecified atom stereocenters. The van der Waals surface area contributed by atoms with Crippen LogP contribution in [0.15, 0.2) is 0 Å². The SMILES string of the molecule is N#CCCCCNC1(CO)CCCCC1. The lowest BCUT2D eigenvalue weighted by molar-refractivity contribution is 0.121. The lowest BCUT2D eigenvalue weighted by atomic mass is 9.82. The molecule has 1 fully saturated rings. The molecule has 0 spiro atoms. The van der Waals surface area contributed by atoms with Crippen LogP contribution in [0, 0.1) is 11.3 Å². The highest BCUT2D eigenvalue weighted by Crippen LogP contribution is 2.27. The van der Waals surface area contributed by atoms with Crippen molar-refractivity contribution < 1.29 is 5.11 Å². The van der Waals surface area contributed by atoms with Gasteiger partial charge in [0.1, 0.15) is 0 Å². The number of nitrogens with zero attached hydrogens (tertiary/aromatic N) is 1. The van der Waals surface area contributed by atoms with E-state index < -0.39 is 0 Å². The number of nitrogens with one attached hydrogen (secondary N) is 1. The average molecular weight is 210 g/mol. The van der Waals surface area contributed by atoms with Crippen LogP contribution >= 0.6 is 0 Å². The highest BCUT2D eigenvalue weighted by atomic mass is 16.3. The Labute approximate surface area is 92.5 Å². The van der Waals surface area contributed by atoms with Gasteiger partial charge in [0.05, 0.1) is 12.7 Å². The smallest absolute Gasteiger partial charge is 0.0621 e. The molecule has 0 heterocycles. The highest BCUT2D eigenvalue weighted by Gasteiger charge is 2.30. The Morgan fingerprint density at radius 1 is 1.20 bits per heavy atom. The quantitative estimate of drug-likeness (QED) is 0.659. The van der Waals surface area contributed by atoms with Gasteiger partial charge in [-0.2, -0.15) is 5.26 Å². The first-order valence-electron chi connectivity index (χ1n) is 6.06. The maximum Gasteiger partial charge on any atom is 0.0621 e. The van der Waals surface area contributed by atoms with Gasteiger partial charge in [0.15, 0.2) is 0 Å². The van der Waals surface area contributed by atoms with Crippen molar-refractivity contribution in [2.24, 2.45) is 0 Å². The topological polar surface area (TPSA) is 56.0 Å². The van der Waals surface area contributed by atoms with Crippen LogP contribution in [0.4, 0.5) is 0 Å². The summed E-state index contributed by atoms with van der Waals surface area (Å²) in [5, 5.41) is 21.3. The van der Waals surface area contributed by atoms with E-state index in [1.165, 1.54) is 19.3 Å². The second-order valence-corrected chi connectivity index (χ2v) is 4.54. The van der Waals surface area contributed by atoms with Crippen molar-refractivity contribution in [2.75, 3.05) is 13.2 Å². The standard InChI is InChI=1S/C12H22N2O/c13-9-5-2-6-10-14-12(11-15)7-3-1-4-8-12/h14-15H,1-8,10-11H2. The molecule has 0 aromatic rings. The van der Waals surface area contributed by atoms with Crippen LogP contribution in [0.5, 0.6) is 0 Å². The zero-order valence-electron chi connectivity index (χ0n) is 9.47. The summed E-state index contributed by atoms with van der Waals surface area (Å²) in [6, 6.07) is 2.15. The van der Waals surface area contributed by atoms with Gasteiger partial charge in [0.2, 0.25) is 0 Å².